The predicted octanol–water partition coefficient (Wildman–Crippen LogP) is 5.27. The zero-order chi connectivity index (χ0) is 21.5. The van der Waals surface area contributed by atoms with Gasteiger partial charge in [0.1, 0.15) is 17.2 Å². The maximum atomic E-state index is 13.5. The van der Waals surface area contributed by atoms with Gasteiger partial charge in [0.05, 0.1) is 17.0 Å². The van der Waals surface area contributed by atoms with Crippen LogP contribution in [0, 0.1) is 19.7 Å². The second-order valence-electron chi connectivity index (χ2n) is 7.27. The highest BCUT2D eigenvalue weighted by molar-refractivity contribution is 6.20. The molecule has 0 radical (unpaired) electrons. The van der Waals surface area contributed by atoms with Gasteiger partial charge in [-0.05, 0) is 61.9 Å². The van der Waals surface area contributed by atoms with E-state index in [0.717, 1.165) is 16.8 Å². The van der Waals surface area contributed by atoms with Crippen LogP contribution in [0.2, 0.25) is 0 Å². The van der Waals surface area contributed by atoms with Crippen molar-refractivity contribution in [2.24, 2.45) is 0 Å². The lowest BCUT2D eigenvalue weighted by Gasteiger charge is -2.05. The van der Waals surface area contributed by atoms with Gasteiger partial charge in [-0.2, -0.15) is 0 Å². The standard InChI is InChI=1S/C24H17FN4O2/c1-13-20(14(2)31-29-13)17-10-19-21(23(30)16-4-3-9-26-11-16)22(28-24(19)27-12-17)15-5-7-18(25)8-6-15/h3-12H,1-2H3,(H,27,28). The van der Waals surface area contributed by atoms with E-state index in [1.165, 1.54) is 18.3 Å². The highest BCUT2D eigenvalue weighted by Crippen LogP contribution is 2.35. The Hall–Kier alpha value is -4.13. The largest absolute Gasteiger partial charge is 0.361 e. The summed E-state index contributed by atoms with van der Waals surface area (Å²) in [6.45, 7) is 3.70. The van der Waals surface area contributed by atoms with Gasteiger partial charge in [-0.3, -0.25) is 9.78 Å². The first-order chi connectivity index (χ1) is 15.0. The van der Waals surface area contributed by atoms with Crippen molar-refractivity contribution in [1.29, 1.82) is 0 Å². The number of hydrogen-bond donors (Lipinski definition) is 1. The van der Waals surface area contributed by atoms with Crippen molar-refractivity contribution < 1.29 is 13.7 Å². The van der Waals surface area contributed by atoms with Crippen LogP contribution in [0.1, 0.15) is 27.4 Å². The molecule has 0 unspecified atom stereocenters. The van der Waals surface area contributed by atoms with Crippen LogP contribution in [0.15, 0.2) is 65.6 Å². The van der Waals surface area contributed by atoms with E-state index < -0.39 is 0 Å². The number of hydrogen-bond acceptors (Lipinski definition) is 5. The summed E-state index contributed by atoms with van der Waals surface area (Å²) in [5, 5.41) is 4.68. The number of fused-ring (bicyclic) bond motifs is 1. The molecule has 152 valence electrons. The summed E-state index contributed by atoms with van der Waals surface area (Å²) in [5.74, 6) is 0.128. The number of nitrogens with one attached hydrogen (secondary N) is 1. The molecule has 1 N–H and O–H groups in total. The summed E-state index contributed by atoms with van der Waals surface area (Å²) < 4.78 is 18.8. The topological polar surface area (TPSA) is 84.7 Å². The predicted molar refractivity (Wildman–Crippen MR) is 114 cm³/mol. The maximum Gasteiger partial charge on any atom is 0.197 e. The molecule has 0 fully saturated rings. The van der Waals surface area contributed by atoms with Gasteiger partial charge in [0.15, 0.2) is 5.78 Å². The Morgan fingerprint density at radius 1 is 1.06 bits per heavy atom. The van der Waals surface area contributed by atoms with E-state index in [4.69, 9.17) is 4.52 Å². The molecule has 0 aliphatic rings. The van der Waals surface area contributed by atoms with Gasteiger partial charge in [0.2, 0.25) is 0 Å². The van der Waals surface area contributed by atoms with Crippen LogP contribution >= 0.6 is 0 Å². The van der Waals surface area contributed by atoms with E-state index in [9.17, 15) is 9.18 Å². The minimum absolute atomic E-state index is 0.198. The number of carbonyl (C=O) groups excluding carboxylic acids is 1. The first-order valence-corrected chi connectivity index (χ1v) is 9.68. The normalized spacial score (nSPS) is 11.2. The fraction of sp³-hybridized carbons (Fsp3) is 0.0833. The fourth-order valence-electron chi connectivity index (χ4n) is 3.81. The van der Waals surface area contributed by atoms with Crippen LogP contribution in [0.5, 0.6) is 0 Å². The van der Waals surface area contributed by atoms with Crippen LogP contribution in [0.4, 0.5) is 4.39 Å². The van der Waals surface area contributed by atoms with Gasteiger partial charge < -0.3 is 9.51 Å². The van der Waals surface area contributed by atoms with Crippen molar-refractivity contribution in [3.8, 4) is 22.4 Å². The third-order valence-electron chi connectivity index (χ3n) is 5.26. The average molecular weight is 412 g/mol. The molecular weight excluding hydrogens is 395 g/mol. The minimum atomic E-state index is -0.348. The van der Waals surface area contributed by atoms with E-state index in [1.54, 1.807) is 36.7 Å². The van der Waals surface area contributed by atoms with E-state index in [0.29, 0.717) is 39.2 Å². The van der Waals surface area contributed by atoms with Crippen LogP contribution in [-0.2, 0) is 0 Å². The highest BCUT2D eigenvalue weighted by atomic mass is 19.1. The van der Waals surface area contributed by atoms with Gasteiger partial charge in [-0.15, -0.1) is 0 Å². The molecule has 1 aromatic carbocycles. The lowest BCUT2D eigenvalue weighted by molar-refractivity contribution is 0.104. The number of ketones is 1. The Labute approximate surface area is 176 Å². The van der Waals surface area contributed by atoms with Crippen molar-refractivity contribution in [3.05, 3.63) is 89.5 Å². The molecule has 7 heteroatoms. The van der Waals surface area contributed by atoms with Crippen molar-refractivity contribution in [1.82, 2.24) is 20.1 Å². The minimum Gasteiger partial charge on any atom is -0.361 e. The number of aryl methyl sites for hydroxylation is 2. The van der Waals surface area contributed by atoms with Gasteiger partial charge in [-0.25, -0.2) is 9.37 Å². The summed E-state index contributed by atoms with van der Waals surface area (Å²) in [5.41, 5.74) is 5.12. The Morgan fingerprint density at radius 3 is 2.55 bits per heavy atom. The van der Waals surface area contributed by atoms with Gasteiger partial charge in [0.25, 0.3) is 0 Å². The molecular formula is C24H17FN4O2. The zero-order valence-electron chi connectivity index (χ0n) is 16.8. The Balaban J connectivity index is 1.78. The molecule has 5 rings (SSSR count). The number of rotatable bonds is 4. The molecule has 0 bridgehead atoms. The molecule has 6 nitrogen and oxygen atoms in total. The molecule has 0 aliphatic heterocycles. The van der Waals surface area contributed by atoms with Gasteiger partial charge in [0, 0.05) is 40.7 Å². The SMILES string of the molecule is Cc1noc(C)c1-c1cnc2[nH]c(-c3ccc(F)cc3)c(C(=O)c3cccnc3)c2c1. The van der Waals surface area contributed by atoms with Crippen LogP contribution in [0.3, 0.4) is 0 Å². The lowest BCUT2D eigenvalue weighted by atomic mass is 9.97. The molecule has 4 heterocycles. The van der Waals surface area contributed by atoms with E-state index in [1.807, 2.05) is 19.9 Å². The number of nitrogens with zero attached hydrogens (tertiary/aromatic N) is 3. The third-order valence-corrected chi connectivity index (χ3v) is 5.26. The fourth-order valence-corrected chi connectivity index (χ4v) is 3.81. The number of H-pyrrole nitrogens is 1. The zero-order valence-corrected chi connectivity index (χ0v) is 16.8. The Bertz CT molecular complexity index is 1400. The molecule has 0 amide bonds. The summed E-state index contributed by atoms with van der Waals surface area (Å²) >= 11 is 0. The summed E-state index contributed by atoms with van der Waals surface area (Å²) in [7, 11) is 0. The smallest absolute Gasteiger partial charge is 0.197 e. The molecule has 5 aromatic rings. The first-order valence-electron chi connectivity index (χ1n) is 9.68. The number of pyridine rings is 2. The summed E-state index contributed by atoms with van der Waals surface area (Å²) in [4.78, 5) is 25.4. The Morgan fingerprint density at radius 2 is 1.87 bits per heavy atom. The number of carbonyl (C=O) groups is 1. The molecule has 0 saturated carbocycles. The summed E-state index contributed by atoms with van der Waals surface area (Å²) in [6.07, 6.45) is 4.86. The van der Waals surface area contributed by atoms with E-state index in [2.05, 4.69) is 20.1 Å². The Kier molecular flexibility index (Phi) is 4.43. The lowest BCUT2D eigenvalue weighted by Crippen LogP contribution is -2.03. The van der Waals surface area contributed by atoms with Gasteiger partial charge in [-0.1, -0.05) is 5.16 Å². The molecule has 0 aliphatic carbocycles. The van der Waals surface area contributed by atoms with Crippen molar-refractivity contribution >= 4 is 16.8 Å². The highest BCUT2D eigenvalue weighted by Gasteiger charge is 2.23. The van der Waals surface area contributed by atoms with E-state index >= 15 is 0 Å². The molecule has 31 heavy (non-hydrogen) atoms. The number of aromatic nitrogens is 4. The number of aromatic amines is 1. The number of benzene rings is 1. The monoisotopic (exact) mass is 412 g/mol. The quantitative estimate of drug-likeness (QED) is 0.407. The molecule has 0 atom stereocenters. The second kappa shape index (κ2) is 7.28. The van der Waals surface area contributed by atoms with Crippen LogP contribution in [-0.4, -0.2) is 25.9 Å². The van der Waals surface area contributed by atoms with Crippen LogP contribution in [0.25, 0.3) is 33.4 Å². The second-order valence-corrected chi connectivity index (χ2v) is 7.27. The maximum absolute atomic E-state index is 13.5. The molecule has 0 saturated heterocycles. The van der Waals surface area contributed by atoms with Crippen molar-refractivity contribution in [3.63, 3.8) is 0 Å². The number of halogens is 1. The third kappa shape index (κ3) is 3.20. The average Bonchev–Trinajstić information content (AvgIpc) is 3.33. The molecule has 0 spiro atoms. The first kappa shape index (κ1) is 18.9. The van der Waals surface area contributed by atoms with E-state index in [-0.39, 0.29) is 11.6 Å². The van der Waals surface area contributed by atoms with Gasteiger partial charge >= 0.3 is 0 Å². The van der Waals surface area contributed by atoms with Crippen LogP contribution < -0.4 is 0 Å². The van der Waals surface area contributed by atoms with Crippen molar-refractivity contribution in [2.75, 3.05) is 0 Å². The van der Waals surface area contributed by atoms with Crippen molar-refractivity contribution in [2.45, 2.75) is 13.8 Å². The summed E-state index contributed by atoms with van der Waals surface area (Å²) in [6, 6.07) is 11.3. The molecule has 4 aromatic heterocycles.